The van der Waals surface area contributed by atoms with E-state index in [-0.39, 0.29) is 27.9 Å². The molecule has 0 amide bonds. The van der Waals surface area contributed by atoms with Crippen molar-refractivity contribution in [2.75, 3.05) is 0 Å². The Labute approximate surface area is 171 Å². The van der Waals surface area contributed by atoms with Crippen molar-refractivity contribution in [1.29, 1.82) is 0 Å². The molecule has 24 heavy (non-hydrogen) atoms. The van der Waals surface area contributed by atoms with Gasteiger partial charge in [0, 0.05) is 0 Å². The number of hydrogen-bond donors (Lipinski definition) is 1. The van der Waals surface area contributed by atoms with E-state index in [1.54, 1.807) is 5.17 Å². The fraction of sp³-hybridized carbons (Fsp3) is 0.316. The zero-order chi connectivity index (χ0) is 15.9. The average Bonchev–Trinajstić information content (AvgIpc) is 2.86. The molecule has 0 atom stereocenters. The summed E-state index contributed by atoms with van der Waals surface area (Å²) in [5.74, 6) is 0. The summed E-state index contributed by atoms with van der Waals surface area (Å²) in [6, 6.07) is 15.7. The molecule has 0 fully saturated rings. The molecule has 2 aromatic carbocycles. The largest absolute Gasteiger partial charge is 1.00 e. The van der Waals surface area contributed by atoms with Crippen molar-refractivity contribution in [2.24, 2.45) is 3.68 Å². The second-order valence-electron chi connectivity index (χ2n) is 6.81. The van der Waals surface area contributed by atoms with E-state index < -0.39 is 31.9 Å². The summed E-state index contributed by atoms with van der Waals surface area (Å²) < 4.78 is 6.52. The molecular formula is C19H23Cl2NSiZr. The second-order valence-corrected chi connectivity index (χ2v) is 13.1. The van der Waals surface area contributed by atoms with Crippen LogP contribution in [0.3, 0.4) is 0 Å². The number of benzene rings is 2. The van der Waals surface area contributed by atoms with Crippen LogP contribution < -0.4 is 28.5 Å². The number of rotatable bonds is 3. The molecule has 3 rings (SSSR count). The Bertz CT molecular complexity index is 768. The molecule has 1 aliphatic rings. The van der Waals surface area contributed by atoms with E-state index in [2.05, 4.69) is 69.4 Å². The molecule has 2 N–H and O–H groups in total. The summed E-state index contributed by atoms with van der Waals surface area (Å²) in [7, 11) is -0.523. The van der Waals surface area contributed by atoms with E-state index in [0.717, 1.165) is 6.42 Å². The third-order valence-corrected chi connectivity index (χ3v) is 9.50. The Morgan fingerprint density at radius 1 is 1.00 bits per heavy atom. The van der Waals surface area contributed by atoms with Gasteiger partial charge in [0.1, 0.15) is 0 Å². The molecule has 1 nitrogen and oxygen atoms in total. The van der Waals surface area contributed by atoms with Crippen LogP contribution >= 0.6 is 0 Å². The predicted molar refractivity (Wildman–Crippen MR) is 94.5 cm³/mol. The first-order chi connectivity index (χ1) is 10.5. The fourth-order valence-corrected chi connectivity index (χ4v) is 8.67. The Balaban J connectivity index is 0.00000144. The Hall–Kier alpha value is -0.0500. The number of nitrogens with two attached hydrogens (primary N) is 1. The molecule has 0 saturated carbocycles. The Morgan fingerprint density at radius 3 is 2.25 bits per heavy atom. The summed E-state index contributed by atoms with van der Waals surface area (Å²) in [4.78, 5) is 0. The summed E-state index contributed by atoms with van der Waals surface area (Å²) in [5.41, 5.74) is 7.36. The van der Waals surface area contributed by atoms with Crippen LogP contribution in [0.15, 0.2) is 42.5 Å². The molecule has 1 aliphatic carbocycles. The van der Waals surface area contributed by atoms with E-state index in [9.17, 15) is 0 Å². The van der Waals surface area contributed by atoms with Crippen LogP contribution in [-0.4, -0.2) is 13.6 Å². The monoisotopic (exact) mass is 453 g/mol. The Kier molecular flexibility index (Phi) is 7.84. The predicted octanol–water partition coefficient (Wildman–Crippen LogP) is -1.72. The van der Waals surface area contributed by atoms with Gasteiger partial charge in [0.2, 0.25) is 0 Å². The van der Waals surface area contributed by atoms with Crippen LogP contribution in [0.5, 0.6) is 0 Å². The van der Waals surface area contributed by atoms with Crippen molar-refractivity contribution in [3.8, 4) is 11.1 Å². The second kappa shape index (κ2) is 8.56. The normalized spacial score (nSPS) is 11.4. The standard InChI is InChI=1S/C19H21Si.2ClH.H2N.Zr/c1-13(2)19(20(3)4)17-11-7-10-16-15-9-6-5-8-14(15)12-18(16)17;;;;/h5-11H,12H2,1-4H3;2*1H;1H2;/q;;;-1;+3/p-2. The Morgan fingerprint density at radius 2 is 1.62 bits per heavy atom. The summed E-state index contributed by atoms with van der Waals surface area (Å²) in [5, 5.41) is 1.66. The molecule has 0 aromatic heterocycles. The number of halogens is 2. The van der Waals surface area contributed by atoms with Crippen molar-refractivity contribution < 1.29 is 48.3 Å². The third-order valence-electron chi connectivity index (χ3n) is 4.61. The first-order valence-electron chi connectivity index (χ1n) is 7.82. The fourth-order valence-electron chi connectivity index (χ4n) is 3.69. The van der Waals surface area contributed by atoms with Crippen molar-refractivity contribution >= 4 is 13.6 Å². The van der Waals surface area contributed by atoms with Crippen LogP contribution in [0.25, 0.3) is 11.1 Å². The van der Waals surface area contributed by atoms with E-state index in [4.69, 9.17) is 3.68 Å². The van der Waals surface area contributed by atoms with Gasteiger partial charge < -0.3 is 24.8 Å². The molecule has 0 saturated heterocycles. The first kappa shape index (κ1) is 22.0. The zero-order valence-electron chi connectivity index (χ0n) is 14.6. The van der Waals surface area contributed by atoms with E-state index in [1.807, 2.05) is 0 Å². The summed E-state index contributed by atoms with van der Waals surface area (Å²) in [6.07, 6.45) is 1.08. The molecule has 126 valence electrons. The molecule has 0 bridgehead atoms. The van der Waals surface area contributed by atoms with Gasteiger partial charge in [-0.25, -0.2) is 0 Å². The van der Waals surface area contributed by atoms with Crippen LogP contribution in [0.2, 0.25) is 16.2 Å². The third kappa shape index (κ3) is 3.86. The van der Waals surface area contributed by atoms with Gasteiger partial charge in [0.05, 0.1) is 0 Å². The maximum atomic E-state index is 6.28. The van der Waals surface area contributed by atoms with E-state index >= 15 is 0 Å². The van der Waals surface area contributed by atoms with E-state index in [0.29, 0.717) is 0 Å². The van der Waals surface area contributed by atoms with Crippen molar-refractivity contribution in [2.45, 2.75) is 36.5 Å². The zero-order valence-corrected chi connectivity index (χ0v) is 19.6. The smallest absolute Gasteiger partial charge is 1.00 e. The van der Waals surface area contributed by atoms with Crippen molar-refractivity contribution in [3.05, 3.63) is 59.2 Å². The molecular weight excluding hydrogens is 432 g/mol. The van der Waals surface area contributed by atoms with Crippen LogP contribution in [-0.2, 0) is 29.9 Å². The first-order valence-corrected chi connectivity index (χ1v) is 13.0. The maximum absolute atomic E-state index is 6.28. The number of fused-ring (bicyclic) bond motifs is 3. The van der Waals surface area contributed by atoms with Gasteiger partial charge in [-0.2, -0.15) is 0 Å². The minimum absolute atomic E-state index is 0. The van der Waals surface area contributed by atoms with Gasteiger partial charge in [-0.05, 0) is 0 Å². The van der Waals surface area contributed by atoms with E-state index in [1.165, 1.54) is 27.8 Å². The molecule has 0 heterocycles. The number of hydrogen-bond acceptors (Lipinski definition) is 1. The molecule has 0 unspecified atom stereocenters. The van der Waals surface area contributed by atoms with Crippen LogP contribution in [0.4, 0.5) is 0 Å². The van der Waals surface area contributed by atoms with Crippen molar-refractivity contribution in [3.63, 3.8) is 0 Å². The molecule has 0 spiro atoms. The summed E-state index contributed by atoms with van der Waals surface area (Å²) in [6.45, 7) is 9.57. The summed E-state index contributed by atoms with van der Waals surface area (Å²) >= 11 is -0.874. The topological polar surface area (TPSA) is 26.0 Å². The molecule has 0 radical (unpaired) electrons. The molecule has 0 aliphatic heterocycles. The van der Waals surface area contributed by atoms with Gasteiger partial charge in [0.25, 0.3) is 0 Å². The van der Waals surface area contributed by atoms with Crippen LogP contribution in [0, 0.1) is 0 Å². The average molecular weight is 456 g/mol. The maximum Gasteiger partial charge on any atom is -1.00 e. The van der Waals surface area contributed by atoms with Gasteiger partial charge in [-0.3, -0.25) is 0 Å². The SMILES string of the molecule is C[Si](C)=C(c1cccc2c1Cc1ccccc1-2)[C](C)(C)[Zr+2][NH2].[Cl-].[Cl-]. The van der Waals surface area contributed by atoms with Crippen LogP contribution in [0.1, 0.15) is 30.5 Å². The van der Waals surface area contributed by atoms with Gasteiger partial charge in [-0.15, -0.1) is 0 Å². The minimum atomic E-state index is -0.874. The quantitative estimate of drug-likeness (QED) is 0.467. The molecule has 2 aromatic rings. The van der Waals surface area contributed by atoms with Crippen molar-refractivity contribution in [1.82, 2.24) is 0 Å². The minimum Gasteiger partial charge on any atom is -1.00 e. The molecule has 5 heteroatoms. The van der Waals surface area contributed by atoms with Gasteiger partial charge in [0.15, 0.2) is 0 Å². The van der Waals surface area contributed by atoms with Gasteiger partial charge in [-0.1, -0.05) is 0 Å². The van der Waals surface area contributed by atoms with Gasteiger partial charge >= 0.3 is 148 Å².